The zero-order valence-electron chi connectivity index (χ0n) is 10.9. The lowest BCUT2D eigenvalue weighted by Gasteiger charge is -2.19. The van der Waals surface area contributed by atoms with Gasteiger partial charge in [0.2, 0.25) is 0 Å². The summed E-state index contributed by atoms with van der Waals surface area (Å²) < 4.78 is 37.9. The fourth-order valence-corrected chi connectivity index (χ4v) is 3.58. The summed E-state index contributed by atoms with van der Waals surface area (Å²) in [6.07, 6.45) is 2.12. The van der Waals surface area contributed by atoms with Gasteiger partial charge in [0.1, 0.15) is 18.2 Å². The zero-order valence-corrected chi connectivity index (χ0v) is 11.7. The monoisotopic (exact) mass is 296 g/mol. The maximum absolute atomic E-state index is 11.6. The van der Waals surface area contributed by atoms with Crippen molar-refractivity contribution in [3.8, 4) is 5.75 Å². The van der Waals surface area contributed by atoms with E-state index in [9.17, 15) is 8.42 Å². The lowest BCUT2D eigenvalue weighted by Crippen LogP contribution is -2.25. The Labute approximate surface area is 117 Å². The summed E-state index contributed by atoms with van der Waals surface area (Å²) in [6, 6.07) is 5.26. The van der Waals surface area contributed by atoms with Crippen LogP contribution in [0.3, 0.4) is 0 Å². The first-order valence-corrected chi connectivity index (χ1v) is 8.11. The number of fused-ring (bicyclic) bond motifs is 1. The standard InChI is InChI=1S/C13H16N2O4S/c14-13-12-9(8-20(16,17)15-13)3-1-5-11(12)19-7-10-4-2-6-18-10/h1,3,5,10H,2,4,6-8H2,(H2,14,15). The number of ether oxygens (including phenoxy) is 2. The van der Waals surface area contributed by atoms with E-state index in [1.807, 2.05) is 0 Å². The molecule has 1 saturated heterocycles. The van der Waals surface area contributed by atoms with Crippen molar-refractivity contribution < 1.29 is 17.9 Å². The minimum absolute atomic E-state index is 0.00538. The molecule has 0 aliphatic carbocycles. The van der Waals surface area contributed by atoms with E-state index in [2.05, 4.69) is 4.40 Å². The van der Waals surface area contributed by atoms with Gasteiger partial charge in [-0.05, 0) is 24.5 Å². The van der Waals surface area contributed by atoms with Crippen LogP contribution in [0.4, 0.5) is 0 Å². The van der Waals surface area contributed by atoms with Crippen molar-refractivity contribution in [1.82, 2.24) is 0 Å². The second-order valence-corrected chi connectivity index (χ2v) is 6.57. The van der Waals surface area contributed by atoms with Crippen LogP contribution >= 0.6 is 0 Å². The zero-order chi connectivity index (χ0) is 14.2. The molecule has 20 heavy (non-hydrogen) atoms. The summed E-state index contributed by atoms with van der Waals surface area (Å²) in [5, 5.41) is 0. The van der Waals surface area contributed by atoms with E-state index in [1.165, 1.54) is 0 Å². The van der Waals surface area contributed by atoms with Gasteiger partial charge >= 0.3 is 0 Å². The normalized spacial score (nSPS) is 24.0. The molecule has 2 N–H and O–H groups in total. The summed E-state index contributed by atoms with van der Waals surface area (Å²) in [5.74, 6) is 0.420. The Morgan fingerprint density at radius 1 is 1.45 bits per heavy atom. The number of amidine groups is 1. The van der Waals surface area contributed by atoms with E-state index in [1.54, 1.807) is 18.2 Å². The van der Waals surface area contributed by atoms with E-state index in [-0.39, 0.29) is 17.7 Å². The smallest absolute Gasteiger partial charge is 0.259 e. The molecule has 108 valence electrons. The topological polar surface area (TPSA) is 91.0 Å². The molecule has 1 aromatic carbocycles. The number of nitrogens with two attached hydrogens (primary N) is 1. The third-order valence-corrected chi connectivity index (χ3v) is 4.54. The largest absolute Gasteiger partial charge is 0.490 e. The molecule has 0 amide bonds. The Morgan fingerprint density at radius 2 is 2.30 bits per heavy atom. The van der Waals surface area contributed by atoms with Gasteiger partial charge in [-0.2, -0.15) is 0 Å². The molecule has 2 heterocycles. The van der Waals surface area contributed by atoms with Gasteiger partial charge in [-0.3, -0.25) is 0 Å². The minimum Gasteiger partial charge on any atom is -0.490 e. The Morgan fingerprint density at radius 3 is 3.05 bits per heavy atom. The van der Waals surface area contributed by atoms with Gasteiger partial charge in [-0.25, -0.2) is 8.42 Å². The van der Waals surface area contributed by atoms with Gasteiger partial charge in [0.25, 0.3) is 10.0 Å². The molecule has 1 aromatic rings. The Balaban J connectivity index is 1.86. The summed E-state index contributed by atoms with van der Waals surface area (Å²) in [6.45, 7) is 1.21. The van der Waals surface area contributed by atoms with Crippen molar-refractivity contribution in [3.63, 3.8) is 0 Å². The molecule has 0 radical (unpaired) electrons. The predicted molar refractivity (Wildman–Crippen MR) is 74.3 cm³/mol. The number of hydrogen-bond acceptors (Lipinski definition) is 5. The van der Waals surface area contributed by atoms with E-state index in [4.69, 9.17) is 15.2 Å². The van der Waals surface area contributed by atoms with Crippen LogP contribution in [-0.2, 0) is 20.5 Å². The Hall–Kier alpha value is -1.60. The van der Waals surface area contributed by atoms with Gasteiger partial charge in [-0.1, -0.05) is 12.1 Å². The molecule has 3 rings (SSSR count). The van der Waals surface area contributed by atoms with Crippen molar-refractivity contribution in [1.29, 1.82) is 0 Å². The highest BCUT2D eigenvalue weighted by atomic mass is 32.2. The molecule has 2 aliphatic rings. The van der Waals surface area contributed by atoms with E-state index >= 15 is 0 Å². The molecule has 6 nitrogen and oxygen atoms in total. The van der Waals surface area contributed by atoms with Crippen molar-refractivity contribution >= 4 is 15.9 Å². The maximum Gasteiger partial charge on any atom is 0.259 e. The van der Waals surface area contributed by atoms with Crippen molar-refractivity contribution in [2.24, 2.45) is 10.1 Å². The first kappa shape index (κ1) is 13.4. The average molecular weight is 296 g/mol. The van der Waals surface area contributed by atoms with E-state index in [0.717, 1.165) is 19.4 Å². The molecule has 1 unspecified atom stereocenters. The quantitative estimate of drug-likeness (QED) is 0.890. The van der Waals surface area contributed by atoms with Crippen LogP contribution in [0.5, 0.6) is 5.75 Å². The summed E-state index contributed by atoms with van der Waals surface area (Å²) >= 11 is 0. The number of hydrogen-bond donors (Lipinski definition) is 1. The highest BCUT2D eigenvalue weighted by Crippen LogP contribution is 2.28. The van der Waals surface area contributed by atoms with Crippen LogP contribution in [-0.4, -0.2) is 33.6 Å². The fourth-order valence-electron chi connectivity index (χ4n) is 2.49. The Kier molecular flexibility index (Phi) is 3.39. The second-order valence-electron chi connectivity index (χ2n) is 4.94. The van der Waals surface area contributed by atoms with Crippen LogP contribution in [0.2, 0.25) is 0 Å². The van der Waals surface area contributed by atoms with Crippen molar-refractivity contribution in [2.45, 2.75) is 24.7 Å². The molecule has 0 aromatic heterocycles. The molecule has 0 spiro atoms. The highest BCUT2D eigenvalue weighted by molar-refractivity contribution is 7.89. The first-order valence-electron chi connectivity index (χ1n) is 6.50. The van der Waals surface area contributed by atoms with E-state index in [0.29, 0.717) is 23.5 Å². The fraction of sp³-hybridized carbons (Fsp3) is 0.462. The lowest BCUT2D eigenvalue weighted by atomic mass is 10.1. The van der Waals surface area contributed by atoms with Gasteiger partial charge in [0.15, 0.2) is 0 Å². The molecule has 2 aliphatic heterocycles. The van der Waals surface area contributed by atoms with Crippen LogP contribution in [0.1, 0.15) is 24.0 Å². The number of nitrogens with zero attached hydrogens (tertiary/aromatic N) is 1. The molecular weight excluding hydrogens is 280 g/mol. The van der Waals surface area contributed by atoms with Crippen LogP contribution in [0.25, 0.3) is 0 Å². The Bertz CT molecular complexity index is 648. The van der Waals surface area contributed by atoms with Crippen LogP contribution in [0, 0.1) is 0 Å². The van der Waals surface area contributed by atoms with Crippen molar-refractivity contribution in [3.05, 3.63) is 29.3 Å². The minimum atomic E-state index is -3.51. The molecule has 1 fully saturated rings. The highest BCUT2D eigenvalue weighted by Gasteiger charge is 2.25. The van der Waals surface area contributed by atoms with Gasteiger partial charge < -0.3 is 15.2 Å². The number of benzene rings is 1. The molecule has 1 atom stereocenters. The number of rotatable bonds is 3. The van der Waals surface area contributed by atoms with Crippen molar-refractivity contribution in [2.75, 3.05) is 13.2 Å². The second kappa shape index (κ2) is 5.06. The predicted octanol–water partition coefficient (Wildman–Crippen LogP) is 0.793. The van der Waals surface area contributed by atoms with Gasteiger partial charge in [-0.15, -0.1) is 4.40 Å². The summed E-state index contributed by atoms with van der Waals surface area (Å²) in [7, 11) is -3.51. The van der Waals surface area contributed by atoms with Crippen LogP contribution < -0.4 is 10.5 Å². The third-order valence-electron chi connectivity index (χ3n) is 3.39. The average Bonchev–Trinajstić information content (AvgIpc) is 2.87. The maximum atomic E-state index is 11.6. The van der Waals surface area contributed by atoms with E-state index < -0.39 is 10.0 Å². The molecular formula is C13H16N2O4S. The first-order chi connectivity index (χ1) is 9.55. The summed E-state index contributed by atoms with van der Waals surface area (Å²) in [4.78, 5) is 0. The summed E-state index contributed by atoms with van der Waals surface area (Å²) in [5.41, 5.74) is 6.98. The number of sulfonamides is 1. The molecule has 0 bridgehead atoms. The third kappa shape index (κ3) is 2.64. The molecule has 0 saturated carbocycles. The lowest BCUT2D eigenvalue weighted by molar-refractivity contribution is 0.0678. The molecule has 7 heteroatoms. The van der Waals surface area contributed by atoms with Gasteiger partial charge in [0.05, 0.1) is 17.4 Å². The SMILES string of the molecule is NC1=NS(=O)(=O)Cc2cccc(OCC3CCCO3)c21. The van der Waals surface area contributed by atoms with Gasteiger partial charge in [0, 0.05) is 6.61 Å². The van der Waals surface area contributed by atoms with Crippen LogP contribution in [0.15, 0.2) is 22.6 Å².